The molecule has 1 aliphatic carbocycles. The molecule has 112 valence electrons. The summed E-state index contributed by atoms with van der Waals surface area (Å²) in [5.41, 5.74) is 1.33. The van der Waals surface area contributed by atoms with Crippen molar-refractivity contribution < 1.29 is 18.8 Å². The van der Waals surface area contributed by atoms with Gasteiger partial charge in [-0.05, 0) is 31.0 Å². The fourth-order valence-corrected chi connectivity index (χ4v) is 2.31. The molecule has 0 unspecified atom stereocenters. The number of aromatic nitrogens is 1. The number of hydrogen-bond donors (Lipinski definition) is 2. The Morgan fingerprint density at radius 3 is 3.00 bits per heavy atom. The zero-order valence-corrected chi connectivity index (χ0v) is 11.6. The smallest absolute Gasteiger partial charge is 0.277 e. The van der Waals surface area contributed by atoms with Gasteiger partial charge in [0, 0.05) is 17.7 Å². The van der Waals surface area contributed by atoms with E-state index in [1.807, 2.05) is 0 Å². The largest absolute Gasteiger partial charge is 0.482 e. The summed E-state index contributed by atoms with van der Waals surface area (Å²) < 4.78 is 10.4. The van der Waals surface area contributed by atoms with Gasteiger partial charge in [0.1, 0.15) is 11.5 Å². The van der Waals surface area contributed by atoms with Crippen LogP contribution < -0.4 is 15.4 Å². The summed E-state index contributed by atoms with van der Waals surface area (Å²) in [5.74, 6) is 1.18. The third-order valence-corrected chi connectivity index (χ3v) is 3.61. The summed E-state index contributed by atoms with van der Waals surface area (Å²) in [6, 6.07) is 6.72. The van der Waals surface area contributed by atoms with E-state index < -0.39 is 0 Å². The number of anilines is 2. The first-order chi connectivity index (χ1) is 10.7. The fourth-order valence-electron chi connectivity index (χ4n) is 2.31. The van der Waals surface area contributed by atoms with E-state index in [0.29, 0.717) is 23.0 Å². The van der Waals surface area contributed by atoms with E-state index in [0.717, 1.165) is 18.6 Å². The van der Waals surface area contributed by atoms with Crippen molar-refractivity contribution in [3.8, 4) is 5.75 Å². The Balaban J connectivity index is 1.51. The number of ether oxygens (including phenoxy) is 1. The van der Waals surface area contributed by atoms with Crippen molar-refractivity contribution in [3.05, 3.63) is 35.7 Å². The average Bonchev–Trinajstić information content (AvgIpc) is 3.24. The Bertz CT molecular complexity index is 764. The Labute approximate surface area is 125 Å². The highest BCUT2D eigenvalue weighted by atomic mass is 16.5. The maximum absolute atomic E-state index is 12.2. The lowest BCUT2D eigenvalue weighted by Crippen LogP contribution is -2.25. The van der Waals surface area contributed by atoms with E-state index in [1.165, 1.54) is 0 Å². The first-order valence-corrected chi connectivity index (χ1v) is 7.04. The Kier molecular flexibility index (Phi) is 2.85. The van der Waals surface area contributed by atoms with Crippen molar-refractivity contribution in [1.29, 1.82) is 0 Å². The molecule has 4 rings (SSSR count). The van der Waals surface area contributed by atoms with Gasteiger partial charge in [0.05, 0.1) is 5.69 Å². The summed E-state index contributed by atoms with van der Waals surface area (Å²) in [4.78, 5) is 23.5. The normalized spacial score (nSPS) is 16.5. The molecule has 2 N–H and O–H groups in total. The molecule has 1 aromatic heterocycles. The molecule has 7 nitrogen and oxygen atoms in total. The molecule has 1 saturated carbocycles. The second-order valence-corrected chi connectivity index (χ2v) is 5.39. The highest BCUT2D eigenvalue weighted by Crippen LogP contribution is 2.40. The molecule has 0 saturated heterocycles. The van der Waals surface area contributed by atoms with E-state index in [9.17, 15) is 9.59 Å². The van der Waals surface area contributed by atoms with Gasteiger partial charge in [0.25, 0.3) is 11.8 Å². The van der Waals surface area contributed by atoms with Gasteiger partial charge in [0.15, 0.2) is 12.3 Å². The molecule has 2 heterocycles. The van der Waals surface area contributed by atoms with Crippen LogP contribution in [0, 0.1) is 0 Å². The van der Waals surface area contributed by atoms with Gasteiger partial charge in [-0.1, -0.05) is 5.16 Å². The molecule has 7 heteroatoms. The number of rotatable bonds is 3. The molecule has 2 aliphatic rings. The third-order valence-electron chi connectivity index (χ3n) is 3.61. The van der Waals surface area contributed by atoms with Crippen LogP contribution in [0.25, 0.3) is 0 Å². The standard InChI is InChI=1S/C15H13N3O4/c19-14-7-21-12-4-3-9(5-10(12)17-14)16-15(20)11-6-13(22-18-11)8-1-2-8/h3-6,8H,1-2,7H2,(H,16,20)(H,17,19). The van der Waals surface area contributed by atoms with E-state index in [4.69, 9.17) is 9.26 Å². The molecule has 22 heavy (non-hydrogen) atoms. The Hall–Kier alpha value is -2.83. The molecule has 2 aromatic rings. The van der Waals surface area contributed by atoms with E-state index in [-0.39, 0.29) is 24.1 Å². The number of fused-ring (bicyclic) bond motifs is 1. The van der Waals surface area contributed by atoms with Crippen molar-refractivity contribution >= 4 is 23.2 Å². The number of nitrogens with zero attached hydrogens (tertiary/aromatic N) is 1. The van der Waals surface area contributed by atoms with Gasteiger partial charge in [0.2, 0.25) is 0 Å². The van der Waals surface area contributed by atoms with Crippen LogP contribution in [-0.2, 0) is 4.79 Å². The summed E-state index contributed by atoms with van der Waals surface area (Å²) in [7, 11) is 0. The van der Waals surface area contributed by atoms with Crippen LogP contribution in [0.4, 0.5) is 11.4 Å². The molecule has 0 radical (unpaired) electrons. The number of nitrogens with one attached hydrogen (secondary N) is 2. The number of hydrogen-bond acceptors (Lipinski definition) is 5. The SMILES string of the molecule is O=C1COc2ccc(NC(=O)c3cc(C4CC4)on3)cc2N1. The van der Waals surface area contributed by atoms with Crippen LogP contribution in [0.2, 0.25) is 0 Å². The second kappa shape index (κ2) is 4.87. The minimum atomic E-state index is -0.348. The quantitative estimate of drug-likeness (QED) is 0.905. The van der Waals surface area contributed by atoms with Crippen LogP contribution in [0.1, 0.15) is 35.0 Å². The van der Waals surface area contributed by atoms with Crippen LogP contribution >= 0.6 is 0 Å². The first kappa shape index (κ1) is 12.9. The van der Waals surface area contributed by atoms with Gasteiger partial charge in [-0.25, -0.2) is 0 Å². The second-order valence-electron chi connectivity index (χ2n) is 5.39. The van der Waals surface area contributed by atoms with Gasteiger partial charge in [-0.15, -0.1) is 0 Å². The molecular formula is C15H13N3O4. The molecule has 0 atom stereocenters. The summed E-state index contributed by atoms with van der Waals surface area (Å²) >= 11 is 0. The van der Waals surface area contributed by atoms with Crippen LogP contribution in [0.3, 0.4) is 0 Å². The van der Waals surface area contributed by atoms with Crippen molar-refractivity contribution in [1.82, 2.24) is 5.16 Å². The zero-order chi connectivity index (χ0) is 15.1. The van der Waals surface area contributed by atoms with Crippen LogP contribution in [-0.4, -0.2) is 23.6 Å². The van der Waals surface area contributed by atoms with Gasteiger partial charge in [-0.2, -0.15) is 0 Å². The molecule has 1 aliphatic heterocycles. The molecule has 0 bridgehead atoms. The highest BCUT2D eigenvalue weighted by molar-refractivity contribution is 6.04. The number of amides is 2. The lowest BCUT2D eigenvalue weighted by atomic mass is 10.2. The molecule has 1 fully saturated rings. The maximum Gasteiger partial charge on any atom is 0.277 e. The number of benzene rings is 1. The van der Waals surface area contributed by atoms with Crippen molar-refractivity contribution in [2.24, 2.45) is 0 Å². The summed E-state index contributed by atoms with van der Waals surface area (Å²) in [5, 5.41) is 9.21. The van der Waals surface area contributed by atoms with Crippen molar-refractivity contribution in [3.63, 3.8) is 0 Å². The topological polar surface area (TPSA) is 93.5 Å². The van der Waals surface area contributed by atoms with Gasteiger partial charge >= 0.3 is 0 Å². The zero-order valence-electron chi connectivity index (χ0n) is 11.6. The third kappa shape index (κ3) is 2.41. The Morgan fingerprint density at radius 1 is 1.32 bits per heavy atom. The number of carbonyl (C=O) groups is 2. The van der Waals surface area contributed by atoms with E-state index >= 15 is 0 Å². The predicted molar refractivity (Wildman–Crippen MR) is 77.0 cm³/mol. The molecule has 2 amide bonds. The first-order valence-electron chi connectivity index (χ1n) is 7.04. The van der Waals surface area contributed by atoms with Crippen LogP contribution in [0.5, 0.6) is 5.75 Å². The predicted octanol–water partition coefficient (Wildman–Crippen LogP) is 2.14. The minimum Gasteiger partial charge on any atom is -0.482 e. The minimum absolute atomic E-state index is 0.00158. The van der Waals surface area contributed by atoms with Gasteiger partial charge < -0.3 is 19.9 Å². The van der Waals surface area contributed by atoms with Gasteiger partial charge in [-0.3, -0.25) is 9.59 Å². The van der Waals surface area contributed by atoms with Crippen molar-refractivity contribution in [2.75, 3.05) is 17.2 Å². The summed E-state index contributed by atoms with van der Waals surface area (Å²) in [6.45, 7) is 0.00158. The monoisotopic (exact) mass is 299 g/mol. The van der Waals surface area contributed by atoms with E-state index in [1.54, 1.807) is 24.3 Å². The summed E-state index contributed by atoms with van der Waals surface area (Å²) in [6.07, 6.45) is 2.17. The lowest BCUT2D eigenvalue weighted by molar-refractivity contribution is -0.118. The number of carbonyl (C=O) groups excluding carboxylic acids is 2. The fraction of sp³-hybridized carbons (Fsp3) is 0.267. The lowest BCUT2D eigenvalue weighted by Gasteiger charge is -2.18. The van der Waals surface area contributed by atoms with E-state index in [2.05, 4.69) is 15.8 Å². The molecule has 1 aromatic carbocycles. The average molecular weight is 299 g/mol. The van der Waals surface area contributed by atoms with Crippen LogP contribution in [0.15, 0.2) is 28.8 Å². The molecular weight excluding hydrogens is 286 g/mol. The Morgan fingerprint density at radius 2 is 2.18 bits per heavy atom. The highest BCUT2D eigenvalue weighted by Gasteiger charge is 2.29. The van der Waals surface area contributed by atoms with Crippen molar-refractivity contribution in [2.45, 2.75) is 18.8 Å². The molecule has 0 spiro atoms. The maximum atomic E-state index is 12.2.